The molecular weight excluding hydrogens is 354 g/mol. The van der Waals surface area contributed by atoms with Crippen LogP contribution in [0, 0.1) is 0 Å². The van der Waals surface area contributed by atoms with Gasteiger partial charge in [0.25, 0.3) is 0 Å². The van der Waals surface area contributed by atoms with Crippen LogP contribution in [0.2, 0.25) is 0 Å². The van der Waals surface area contributed by atoms with Crippen LogP contribution in [0.4, 0.5) is 11.8 Å². The van der Waals surface area contributed by atoms with Crippen molar-refractivity contribution in [1.82, 2.24) is 25.3 Å². The number of hydrogen-bond acceptors (Lipinski definition) is 7. The van der Waals surface area contributed by atoms with Crippen molar-refractivity contribution in [3.63, 3.8) is 0 Å². The van der Waals surface area contributed by atoms with Gasteiger partial charge in [-0.15, -0.1) is 0 Å². The van der Waals surface area contributed by atoms with E-state index >= 15 is 0 Å². The first-order chi connectivity index (χ1) is 12.2. The normalized spacial score (nSPS) is 17.2. The van der Waals surface area contributed by atoms with Gasteiger partial charge in [-0.25, -0.2) is 15.0 Å². The van der Waals surface area contributed by atoms with Gasteiger partial charge in [-0.3, -0.25) is 0 Å². The minimum absolute atomic E-state index is 0.457. The molecule has 1 saturated heterocycles. The van der Waals surface area contributed by atoms with Gasteiger partial charge in [0.2, 0.25) is 5.95 Å². The lowest BCUT2D eigenvalue weighted by Crippen LogP contribution is -2.38. The van der Waals surface area contributed by atoms with Crippen LogP contribution < -0.4 is 15.5 Å². The van der Waals surface area contributed by atoms with Crippen LogP contribution in [0.15, 0.2) is 34.7 Å². The SMILES string of the molecule is CNC(=S)Nc1nc(Sc2ncccn2)cc(N2CCCC[C@@H]2C)n1. The number of nitrogens with zero attached hydrogens (tertiary/aromatic N) is 5. The topological polar surface area (TPSA) is 78.9 Å². The number of anilines is 2. The Kier molecular flexibility index (Phi) is 5.98. The molecule has 0 saturated carbocycles. The van der Waals surface area contributed by atoms with Crippen LogP contribution in [0.25, 0.3) is 0 Å². The Morgan fingerprint density at radius 2 is 2.08 bits per heavy atom. The highest BCUT2D eigenvalue weighted by molar-refractivity contribution is 7.99. The molecule has 1 atom stereocenters. The predicted molar refractivity (Wildman–Crippen MR) is 104 cm³/mol. The van der Waals surface area contributed by atoms with Gasteiger partial charge in [0.15, 0.2) is 10.3 Å². The summed E-state index contributed by atoms with van der Waals surface area (Å²) in [5.74, 6) is 1.38. The van der Waals surface area contributed by atoms with Gasteiger partial charge < -0.3 is 15.5 Å². The van der Waals surface area contributed by atoms with Crippen molar-refractivity contribution in [3.05, 3.63) is 24.5 Å². The minimum Gasteiger partial charge on any atom is -0.365 e. The van der Waals surface area contributed by atoms with E-state index in [0.29, 0.717) is 22.3 Å². The zero-order valence-electron chi connectivity index (χ0n) is 14.3. The second-order valence-corrected chi connectivity index (χ2v) is 7.16. The van der Waals surface area contributed by atoms with E-state index in [9.17, 15) is 0 Å². The highest BCUT2D eigenvalue weighted by Crippen LogP contribution is 2.29. The number of hydrogen-bond donors (Lipinski definition) is 2. The minimum atomic E-state index is 0.457. The fourth-order valence-electron chi connectivity index (χ4n) is 2.70. The van der Waals surface area contributed by atoms with E-state index in [-0.39, 0.29) is 0 Å². The van der Waals surface area contributed by atoms with E-state index < -0.39 is 0 Å². The molecule has 2 N–H and O–H groups in total. The zero-order valence-corrected chi connectivity index (χ0v) is 15.9. The smallest absolute Gasteiger partial charge is 0.232 e. The van der Waals surface area contributed by atoms with Crippen LogP contribution in [-0.2, 0) is 0 Å². The third kappa shape index (κ3) is 4.76. The Balaban J connectivity index is 1.91. The fourth-order valence-corrected chi connectivity index (χ4v) is 3.50. The van der Waals surface area contributed by atoms with E-state index in [2.05, 4.69) is 42.4 Å². The third-order valence-electron chi connectivity index (χ3n) is 3.98. The summed E-state index contributed by atoms with van der Waals surface area (Å²) in [6, 6.07) is 4.25. The van der Waals surface area contributed by atoms with Gasteiger partial charge in [0.1, 0.15) is 10.8 Å². The van der Waals surface area contributed by atoms with Crippen molar-refractivity contribution in [2.24, 2.45) is 0 Å². The molecule has 1 fully saturated rings. The first-order valence-electron chi connectivity index (χ1n) is 8.25. The van der Waals surface area contributed by atoms with Crippen LogP contribution in [0.5, 0.6) is 0 Å². The van der Waals surface area contributed by atoms with E-state index in [1.54, 1.807) is 25.5 Å². The standard InChI is InChI=1S/C16H21N7S2/c1-11-6-3-4-9-23(11)12-10-13(25-16-18-7-5-8-19-16)21-14(20-12)22-15(24)17-2/h5,7-8,10-11H,3-4,6,9H2,1-2H3,(H2,17,20,21,22,24)/t11-/m0/s1. The average Bonchev–Trinajstić information content (AvgIpc) is 2.62. The summed E-state index contributed by atoms with van der Waals surface area (Å²) in [5.41, 5.74) is 0. The molecule has 0 radical (unpaired) electrons. The molecule has 0 aliphatic carbocycles. The molecule has 7 nitrogen and oxygen atoms in total. The molecular formula is C16H21N7S2. The second kappa shape index (κ2) is 8.39. The molecule has 1 aliphatic rings. The Labute approximate surface area is 157 Å². The van der Waals surface area contributed by atoms with E-state index in [0.717, 1.165) is 17.4 Å². The molecule has 9 heteroatoms. The largest absolute Gasteiger partial charge is 0.365 e. The summed E-state index contributed by atoms with van der Waals surface area (Å²) in [7, 11) is 1.76. The molecule has 0 aromatic carbocycles. The number of nitrogens with one attached hydrogen (secondary N) is 2. The predicted octanol–water partition coefficient (Wildman–Crippen LogP) is 2.71. The van der Waals surface area contributed by atoms with Crippen molar-refractivity contribution in [1.29, 1.82) is 0 Å². The monoisotopic (exact) mass is 375 g/mol. The molecule has 3 heterocycles. The summed E-state index contributed by atoms with van der Waals surface area (Å²) < 4.78 is 0. The molecule has 2 aromatic rings. The van der Waals surface area contributed by atoms with Gasteiger partial charge in [-0.1, -0.05) is 0 Å². The van der Waals surface area contributed by atoms with Gasteiger partial charge in [-0.05, 0) is 56.2 Å². The van der Waals surface area contributed by atoms with Crippen molar-refractivity contribution in [2.75, 3.05) is 23.8 Å². The van der Waals surface area contributed by atoms with Crippen molar-refractivity contribution in [3.8, 4) is 0 Å². The van der Waals surface area contributed by atoms with Crippen molar-refractivity contribution >= 4 is 40.9 Å². The summed E-state index contributed by atoms with van der Waals surface area (Å²) >= 11 is 6.60. The first-order valence-corrected chi connectivity index (χ1v) is 9.47. The maximum absolute atomic E-state index is 5.19. The Hall–Kier alpha value is -2.00. The number of thiocarbonyl (C=S) groups is 1. The van der Waals surface area contributed by atoms with Crippen LogP contribution in [0.3, 0.4) is 0 Å². The molecule has 0 unspecified atom stereocenters. The number of piperidine rings is 1. The Morgan fingerprint density at radius 3 is 2.80 bits per heavy atom. The summed E-state index contributed by atoms with van der Waals surface area (Å²) in [6.45, 7) is 3.24. The Bertz CT molecular complexity index is 726. The van der Waals surface area contributed by atoms with Crippen molar-refractivity contribution in [2.45, 2.75) is 42.4 Å². The van der Waals surface area contributed by atoms with Crippen LogP contribution >= 0.6 is 24.0 Å². The number of rotatable bonds is 4. The van der Waals surface area contributed by atoms with Crippen molar-refractivity contribution < 1.29 is 0 Å². The van der Waals surface area contributed by atoms with Gasteiger partial charge in [0.05, 0.1) is 0 Å². The second-order valence-electron chi connectivity index (χ2n) is 5.76. The van der Waals surface area contributed by atoms with E-state index in [4.69, 9.17) is 12.2 Å². The molecule has 2 aromatic heterocycles. The quantitative estimate of drug-likeness (QED) is 0.476. The fraction of sp³-hybridized carbons (Fsp3) is 0.438. The number of aromatic nitrogens is 4. The summed E-state index contributed by atoms with van der Waals surface area (Å²) in [6.07, 6.45) is 7.05. The summed E-state index contributed by atoms with van der Waals surface area (Å²) in [5, 5.41) is 7.84. The maximum atomic E-state index is 5.19. The molecule has 0 amide bonds. The van der Waals surface area contributed by atoms with E-state index in [1.165, 1.54) is 31.0 Å². The molecule has 25 heavy (non-hydrogen) atoms. The molecule has 132 valence electrons. The average molecular weight is 376 g/mol. The van der Waals surface area contributed by atoms with Crippen LogP contribution in [0.1, 0.15) is 26.2 Å². The van der Waals surface area contributed by atoms with Gasteiger partial charge in [0, 0.05) is 38.1 Å². The zero-order chi connectivity index (χ0) is 17.6. The van der Waals surface area contributed by atoms with Gasteiger partial charge >= 0.3 is 0 Å². The highest BCUT2D eigenvalue weighted by Gasteiger charge is 2.21. The molecule has 0 bridgehead atoms. The van der Waals surface area contributed by atoms with E-state index in [1.807, 2.05) is 6.07 Å². The molecule has 3 rings (SSSR count). The molecule has 1 aliphatic heterocycles. The lowest BCUT2D eigenvalue weighted by atomic mass is 10.0. The highest BCUT2D eigenvalue weighted by atomic mass is 32.2. The summed E-state index contributed by atoms with van der Waals surface area (Å²) in [4.78, 5) is 20.0. The van der Waals surface area contributed by atoms with Crippen LogP contribution in [-0.4, -0.2) is 44.7 Å². The lowest BCUT2D eigenvalue weighted by molar-refractivity contribution is 0.480. The Morgan fingerprint density at radius 1 is 1.28 bits per heavy atom. The molecule has 0 spiro atoms. The first kappa shape index (κ1) is 17.8. The lowest BCUT2D eigenvalue weighted by Gasteiger charge is -2.34. The third-order valence-corrected chi connectivity index (χ3v) is 5.09. The van der Waals surface area contributed by atoms with Gasteiger partial charge in [-0.2, -0.15) is 4.98 Å². The maximum Gasteiger partial charge on any atom is 0.232 e.